The average Bonchev–Trinajstić information content (AvgIpc) is 2.26. The van der Waals surface area contributed by atoms with E-state index < -0.39 is 8.25 Å². The van der Waals surface area contributed by atoms with Crippen molar-refractivity contribution in [1.82, 2.24) is 0 Å². The SMILES string of the molecule is C=CC(N=C=O)c1ccccc1.O=[P+](O)O. The lowest BCUT2D eigenvalue weighted by Gasteiger charge is -2.03. The van der Waals surface area contributed by atoms with E-state index >= 15 is 0 Å². The first kappa shape index (κ1) is 14.4. The van der Waals surface area contributed by atoms with Gasteiger partial charge in [0.25, 0.3) is 0 Å². The highest BCUT2D eigenvalue weighted by atomic mass is 31.1. The summed E-state index contributed by atoms with van der Waals surface area (Å²) in [6.07, 6.45) is 3.13. The van der Waals surface area contributed by atoms with Crippen LogP contribution in [0, 0.1) is 0 Å². The molecule has 0 aromatic heterocycles. The van der Waals surface area contributed by atoms with Gasteiger partial charge in [-0.25, -0.2) is 4.79 Å². The fourth-order valence-electron chi connectivity index (χ4n) is 0.970. The Morgan fingerprint density at radius 2 is 1.88 bits per heavy atom. The highest BCUT2D eigenvalue weighted by molar-refractivity contribution is 7.30. The van der Waals surface area contributed by atoms with Crippen LogP contribution in [0.2, 0.25) is 0 Å². The summed E-state index contributed by atoms with van der Waals surface area (Å²) in [4.78, 5) is 27.8. The zero-order chi connectivity index (χ0) is 12.4. The number of nitrogens with zero attached hydrogens (tertiary/aromatic N) is 1. The minimum Gasteiger partial charge on any atom is -0.211 e. The molecule has 2 N–H and O–H groups in total. The predicted molar refractivity (Wildman–Crippen MR) is 59.5 cm³/mol. The van der Waals surface area contributed by atoms with E-state index in [1.807, 2.05) is 30.3 Å². The fourth-order valence-corrected chi connectivity index (χ4v) is 0.970. The molecule has 0 heterocycles. The van der Waals surface area contributed by atoms with Crippen molar-refractivity contribution in [2.75, 3.05) is 0 Å². The van der Waals surface area contributed by atoms with Gasteiger partial charge in [-0.3, -0.25) is 0 Å². The van der Waals surface area contributed by atoms with Crippen LogP contribution in [-0.2, 0) is 9.36 Å². The second kappa shape index (κ2) is 8.65. The number of rotatable bonds is 3. The summed E-state index contributed by atoms with van der Waals surface area (Å²) in [5, 5.41) is 0. The van der Waals surface area contributed by atoms with E-state index in [9.17, 15) is 4.79 Å². The molecule has 0 fully saturated rings. The number of hydrogen-bond acceptors (Lipinski definition) is 3. The Morgan fingerprint density at radius 3 is 2.25 bits per heavy atom. The van der Waals surface area contributed by atoms with Gasteiger partial charge in [0.1, 0.15) is 6.04 Å². The van der Waals surface area contributed by atoms with Crippen LogP contribution in [0.4, 0.5) is 0 Å². The molecule has 0 aliphatic carbocycles. The van der Waals surface area contributed by atoms with Crippen LogP contribution in [-0.4, -0.2) is 15.9 Å². The Kier molecular flexibility index (Phi) is 7.76. The Balaban J connectivity index is 0.000000487. The number of hydrogen-bond donors (Lipinski definition) is 2. The van der Waals surface area contributed by atoms with E-state index in [-0.39, 0.29) is 6.04 Å². The molecular weight excluding hydrogens is 229 g/mol. The molecule has 0 aliphatic heterocycles. The molecule has 1 rings (SSSR count). The van der Waals surface area contributed by atoms with E-state index in [1.165, 1.54) is 6.08 Å². The standard InChI is InChI=1S/C10H9NO.HO3P/c1-2-10(11-8-12)9-6-4-3-5-7-9;1-4(2)3/h2-7,10H,1H2;(H-,1,2,3)/p+1. The van der Waals surface area contributed by atoms with Crippen molar-refractivity contribution < 1.29 is 19.1 Å². The smallest absolute Gasteiger partial charge is 0.211 e. The maximum atomic E-state index is 10.0. The van der Waals surface area contributed by atoms with E-state index in [2.05, 4.69) is 11.6 Å². The summed E-state index contributed by atoms with van der Waals surface area (Å²) < 4.78 is 8.70. The van der Waals surface area contributed by atoms with Crippen molar-refractivity contribution in [3.63, 3.8) is 0 Å². The molecule has 0 saturated heterocycles. The summed E-state index contributed by atoms with van der Waals surface area (Å²) in [7, 11) is -2.87. The van der Waals surface area contributed by atoms with Crippen molar-refractivity contribution in [2.45, 2.75) is 6.04 Å². The molecule has 1 atom stereocenters. The third kappa shape index (κ3) is 6.76. The van der Waals surface area contributed by atoms with Gasteiger partial charge >= 0.3 is 8.25 Å². The van der Waals surface area contributed by atoms with Gasteiger partial charge in [-0.1, -0.05) is 36.4 Å². The molecule has 0 amide bonds. The van der Waals surface area contributed by atoms with Gasteiger partial charge in [-0.05, 0) is 5.56 Å². The molecule has 5 nitrogen and oxygen atoms in total. The Bertz CT molecular complexity index is 383. The van der Waals surface area contributed by atoms with E-state index in [4.69, 9.17) is 14.4 Å². The molecular formula is C10H11NO4P+. The zero-order valence-electron chi connectivity index (χ0n) is 8.35. The summed E-state index contributed by atoms with van der Waals surface area (Å²) in [6.45, 7) is 3.58. The molecule has 0 bridgehead atoms. The summed E-state index contributed by atoms with van der Waals surface area (Å²) in [5.41, 5.74) is 0.954. The van der Waals surface area contributed by atoms with Gasteiger partial charge in [0.2, 0.25) is 6.08 Å². The topological polar surface area (TPSA) is 87.0 Å². The normalized spacial score (nSPS) is 10.1. The summed E-state index contributed by atoms with van der Waals surface area (Å²) in [6, 6.07) is 9.23. The fraction of sp³-hybridized carbons (Fsp3) is 0.100. The molecule has 0 saturated carbocycles. The molecule has 0 spiro atoms. The molecule has 1 aromatic carbocycles. The lowest BCUT2D eigenvalue weighted by molar-refractivity contribution is 0.405. The van der Waals surface area contributed by atoms with Gasteiger partial charge in [0, 0.05) is 4.57 Å². The van der Waals surface area contributed by atoms with Crippen molar-refractivity contribution in [3.05, 3.63) is 48.6 Å². The van der Waals surface area contributed by atoms with Crippen molar-refractivity contribution >= 4 is 14.3 Å². The Hall–Kier alpha value is -1.64. The predicted octanol–water partition coefficient (Wildman–Crippen LogP) is 1.88. The second-order valence-corrected chi connectivity index (χ2v) is 3.07. The third-order valence-electron chi connectivity index (χ3n) is 1.56. The third-order valence-corrected chi connectivity index (χ3v) is 1.56. The van der Waals surface area contributed by atoms with Crippen LogP contribution < -0.4 is 0 Å². The molecule has 6 heteroatoms. The van der Waals surface area contributed by atoms with Gasteiger partial charge in [-0.15, -0.1) is 16.4 Å². The van der Waals surface area contributed by atoms with Gasteiger partial charge in [0.05, 0.1) is 0 Å². The molecule has 84 valence electrons. The van der Waals surface area contributed by atoms with Gasteiger partial charge < -0.3 is 0 Å². The molecule has 1 aromatic rings. The summed E-state index contributed by atoms with van der Waals surface area (Å²) in [5.74, 6) is 0. The molecule has 16 heavy (non-hydrogen) atoms. The van der Waals surface area contributed by atoms with Gasteiger partial charge in [-0.2, -0.15) is 4.99 Å². The lowest BCUT2D eigenvalue weighted by Crippen LogP contribution is -1.88. The number of isocyanates is 1. The van der Waals surface area contributed by atoms with Crippen LogP contribution in [0.3, 0.4) is 0 Å². The minimum absolute atomic E-state index is 0.260. The van der Waals surface area contributed by atoms with Gasteiger partial charge in [0.15, 0.2) is 0 Å². The largest absolute Gasteiger partial charge is 0.692 e. The highest BCUT2D eigenvalue weighted by Gasteiger charge is 2.02. The highest BCUT2D eigenvalue weighted by Crippen LogP contribution is 2.16. The maximum Gasteiger partial charge on any atom is 0.692 e. The van der Waals surface area contributed by atoms with E-state index in [1.54, 1.807) is 6.08 Å². The van der Waals surface area contributed by atoms with Crippen LogP contribution >= 0.6 is 8.25 Å². The Morgan fingerprint density at radius 1 is 1.38 bits per heavy atom. The first-order chi connectivity index (χ1) is 7.61. The van der Waals surface area contributed by atoms with E-state index in [0.717, 1.165) is 5.56 Å². The van der Waals surface area contributed by atoms with Crippen LogP contribution in [0.25, 0.3) is 0 Å². The maximum absolute atomic E-state index is 10.0. The number of benzene rings is 1. The Labute approximate surface area is 93.7 Å². The zero-order valence-corrected chi connectivity index (χ0v) is 9.25. The summed E-state index contributed by atoms with van der Waals surface area (Å²) >= 11 is 0. The lowest BCUT2D eigenvalue weighted by atomic mass is 10.1. The number of carbonyl (C=O) groups excluding carboxylic acids is 1. The van der Waals surface area contributed by atoms with Crippen LogP contribution in [0.1, 0.15) is 11.6 Å². The second-order valence-electron chi connectivity index (χ2n) is 2.56. The average molecular weight is 240 g/mol. The molecule has 1 unspecified atom stereocenters. The minimum atomic E-state index is -2.87. The first-order valence-electron chi connectivity index (χ1n) is 4.21. The van der Waals surface area contributed by atoms with Crippen LogP contribution in [0.15, 0.2) is 48.0 Å². The molecule has 0 aliphatic rings. The molecule has 0 radical (unpaired) electrons. The monoisotopic (exact) mass is 240 g/mol. The van der Waals surface area contributed by atoms with Crippen molar-refractivity contribution in [1.29, 1.82) is 0 Å². The number of aliphatic imine (C=N–C) groups is 1. The van der Waals surface area contributed by atoms with Crippen molar-refractivity contribution in [2.24, 2.45) is 4.99 Å². The quantitative estimate of drug-likeness (QED) is 0.365. The first-order valence-corrected chi connectivity index (χ1v) is 5.37. The van der Waals surface area contributed by atoms with Crippen molar-refractivity contribution in [3.8, 4) is 0 Å². The van der Waals surface area contributed by atoms with Crippen LogP contribution in [0.5, 0.6) is 0 Å². The van der Waals surface area contributed by atoms with E-state index in [0.29, 0.717) is 0 Å².